The van der Waals surface area contributed by atoms with E-state index in [2.05, 4.69) is 15.2 Å². The number of hydrogen-bond donors (Lipinski definition) is 2. The van der Waals surface area contributed by atoms with Crippen molar-refractivity contribution in [3.63, 3.8) is 0 Å². The van der Waals surface area contributed by atoms with Gasteiger partial charge in [-0.15, -0.1) is 0 Å². The first-order valence-corrected chi connectivity index (χ1v) is 12.9. The van der Waals surface area contributed by atoms with Crippen molar-refractivity contribution in [3.8, 4) is 5.75 Å². The molecule has 0 spiro atoms. The van der Waals surface area contributed by atoms with Crippen LogP contribution in [-0.4, -0.2) is 63.6 Å². The number of ether oxygens (including phenoxy) is 1. The number of nitrogens with two attached hydrogens (primary N) is 1. The number of piperidine rings is 1. The molecule has 3 heterocycles. The molecule has 2 aromatic carbocycles. The van der Waals surface area contributed by atoms with E-state index in [0.29, 0.717) is 30.2 Å². The van der Waals surface area contributed by atoms with Crippen LogP contribution in [0.4, 0.5) is 5.95 Å². The van der Waals surface area contributed by atoms with Gasteiger partial charge in [-0.2, -0.15) is 4.98 Å². The van der Waals surface area contributed by atoms with Crippen molar-refractivity contribution >= 4 is 28.8 Å². The first-order chi connectivity index (χ1) is 18.9. The number of ketones is 1. The van der Waals surface area contributed by atoms with E-state index >= 15 is 0 Å². The fourth-order valence-electron chi connectivity index (χ4n) is 4.78. The second kappa shape index (κ2) is 11.5. The Morgan fingerprint density at radius 3 is 2.67 bits per heavy atom. The predicted molar refractivity (Wildman–Crippen MR) is 147 cm³/mol. The molecular formula is C28H31N7O4. The van der Waals surface area contributed by atoms with Crippen LogP contribution in [0.5, 0.6) is 5.75 Å². The lowest BCUT2D eigenvalue weighted by Crippen LogP contribution is -2.44. The van der Waals surface area contributed by atoms with Crippen LogP contribution < -0.4 is 26.2 Å². The first kappa shape index (κ1) is 26.1. The average Bonchev–Trinajstić information content (AvgIpc) is 3.32. The van der Waals surface area contributed by atoms with Crippen molar-refractivity contribution in [1.82, 2.24) is 24.4 Å². The number of carbonyl (C=O) groups is 2. The summed E-state index contributed by atoms with van der Waals surface area (Å²) in [6.45, 7) is 1.37. The van der Waals surface area contributed by atoms with Crippen LogP contribution in [0.15, 0.2) is 65.7 Å². The van der Waals surface area contributed by atoms with E-state index in [0.717, 1.165) is 24.9 Å². The van der Waals surface area contributed by atoms with Crippen LogP contribution in [0.3, 0.4) is 0 Å². The minimum atomic E-state index is -0.368. The number of nitrogens with zero attached hydrogens (tertiary/aromatic N) is 5. The highest BCUT2D eigenvalue weighted by atomic mass is 16.5. The summed E-state index contributed by atoms with van der Waals surface area (Å²) in [6.07, 6.45) is 3.22. The molecular weight excluding hydrogens is 498 g/mol. The highest BCUT2D eigenvalue weighted by Crippen LogP contribution is 2.24. The smallest absolute Gasteiger partial charge is 0.280 e. The molecule has 1 saturated heterocycles. The van der Waals surface area contributed by atoms with E-state index < -0.39 is 0 Å². The summed E-state index contributed by atoms with van der Waals surface area (Å²) in [5.74, 6) is 0.249. The van der Waals surface area contributed by atoms with Gasteiger partial charge >= 0.3 is 0 Å². The Morgan fingerprint density at radius 2 is 1.90 bits per heavy atom. The van der Waals surface area contributed by atoms with Crippen molar-refractivity contribution in [3.05, 3.63) is 82.4 Å². The number of benzene rings is 2. The van der Waals surface area contributed by atoms with Gasteiger partial charge in [0.05, 0.1) is 18.7 Å². The average molecular weight is 530 g/mol. The zero-order chi connectivity index (χ0) is 27.4. The molecule has 1 fully saturated rings. The minimum Gasteiger partial charge on any atom is -0.483 e. The molecule has 2 aromatic heterocycles. The molecule has 1 unspecified atom stereocenters. The lowest BCUT2D eigenvalue weighted by molar-refractivity contribution is -0.122. The van der Waals surface area contributed by atoms with Crippen LogP contribution in [0.25, 0.3) is 11.2 Å². The number of carbonyl (C=O) groups excluding carboxylic acids is 2. The SMILES string of the molecule is CNC(=O)COc1ccccc1C(=O)Cn1cnc2nc(N3CCCC(N)C3)n(Cc3ccccc3)c2c1=O. The Hall–Kier alpha value is -4.51. The lowest BCUT2D eigenvalue weighted by atomic mass is 10.1. The number of likely N-dealkylation sites (N-methyl/N-ethyl adjacent to an activating group) is 1. The van der Waals surface area contributed by atoms with E-state index in [1.165, 1.54) is 17.9 Å². The number of anilines is 1. The lowest BCUT2D eigenvalue weighted by Gasteiger charge is -2.31. The van der Waals surface area contributed by atoms with E-state index in [1.807, 2.05) is 34.9 Å². The van der Waals surface area contributed by atoms with Crippen molar-refractivity contribution < 1.29 is 14.3 Å². The molecule has 4 aromatic rings. The number of amides is 1. The Bertz CT molecular complexity index is 1550. The second-order valence-electron chi connectivity index (χ2n) is 9.56. The summed E-state index contributed by atoms with van der Waals surface area (Å²) in [5.41, 5.74) is 7.81. The molecule has 1 aliphatic rings. The number of aromatic nitrogens is 4. The molecule has 39 heavy (non-hydrogen) atoms. The highest BCUT2D eigenvalue weighted by Gasteiger charge is 2.25. The topological polar surface area (TPSA) is 137 Å². The molecule has 1 atom stereocenters. The molecule has 1 amide bonds. The number of nitrogens with one attached hydrogen (secondary N) is 1. The molecule has 0 saturated carbocycles. The molecule has 11 heteroatoms. The van der Waals surface area contributed by atoms with Crippen molar-refractivity contribution in [2.75, 3.05) is 31.6 Å². The van der Waals surface area contributed by atoms with E-state index in [1.54, 1.807) is 24.3 Å². The molecule has 0 bridgehead atoms. The monoisotopic (exact) mass is 529 g/mol. The Labute approximate surface area is 225 Å². The second-order valence-corrected chi connectivity index (χ2v) is 9.56. The van der Waals surface area contributed by atoms with Gasteiger partial charge in [-0.1, -0.05) is 42.5 Å². The van der Waals surface area contributed by atoms with Crippen LogP contribution in [0, 0.1) is 0 Å². The highest BCUT2D eigenvalue weighted by molar-refractivity contribution is 5.98. The van der Waals surface area contributed by atoms with Gasteiger partial charge in [-0.25, -0.2) is 4.98 Å². The standard InChI is InChI=1S/C28H31N7O4/c1-30-24(37)17-39-23-12-6-5-11-21(23)22(36)16-34-18-31-26-25(27(34)38)35(14-19-8-3-2-4-9-19)28(32-26)33-13-7-10-20(29)15-33/h2-6,8-9,11-12,18,20H,7,10,13-17,29H2,1H3,(H,30,37). The molecule has 11 nitrogen and oxygen atoms in total. The van der Waals surface area contributed by atoms with Crippen LogP contribution in [-0.2, 0) is 17.9 Å². The summed E-state index contributed by atoms with van der Waals surface area (Å²) in [6, 6.07) is 16.5. The summed E-state index contributed by atoms with van der Waals surface area (Å²) in [7, 11) is 1.51. The summed E-state index contributed by atoms with van der Waals surface area (Å²) in [4.78, 5) is 50.0. The molecule has 202 valence electrons. The molecule has 3 N–H and O–H groups in total. The van der Waals surface area contributed by atoms with Gasteiger partial charge < -0.3 is 20.7 Å². The summed E-state index contributed by atoms with van der Waals surface area (Å²) in [5, 5.41) is 2.48. The normalized spacial score (nSPS) is 15.3. The third-order valence-corrected chi connectivity index (χ3v) is 6.78. The van der Waals surface area contributed by atoms with Crippen molar-refractivity contribution in [2.24, 2.45) is 5.73 Å². The summed E-state index contributed by atoms with van der Waals surface area (Å²) < 4.78 is 8.71. The zero-order valence-corrected chi connectivity index (χ0v) is 21.7. The quantitative estimate of drug-likeness (QED) is 0.312. The van der Waals surface area contributed by atoms with Gasteiger partial charge in [0, 0.05) is 26.2 Å². The molecule has 1 aliphatic heterocycles. The molecule has 0 aliphatic carbocycles. The van der Waals surface area contributed by atoms with Gasteiger partial charge in [0.2, 0.25) is 5.95 Å². The van der Waals surface area contributed by atoms with Gasteiger partial charge in [-0.3, -0.25) is 23.5 Å². The minimum absolute atomic E-state index is 0.0247. The third-order valence-electron chi connectivity index (χ3n) is 6.78. The number of rotatable bonds is 9. The zero-order valence-electron chi connectivity index (χ0n) is 21.7. The van der Waals surface area contributed by atoms with E-state index in [4.69, 9.17) is 15.5 Å². The number of hydrogen-bond acceptors (Lipinski definition) is 8. The largest absolute Gasteiger partial charge is 0.483 e. The maximum Gasteiger partial charge on any atom is 0.280 e. The van der Waals surface area contributed by atoms with Gasteiger partial charge in [0.15, 0.2) is 23.6 Å². The molecule has 0 radical (unpaired) electrons. The Balaban J connectivity index is 1.51. The van der Waals surface area contributed by atoms with Crippen LogP contribution >= 0.6 is 0 Å². The van der Waals surface area contributed by atoms with Crippen LogP contribution in [0.2, 0.25) is 0 Å². The maximum atomic E-state index is 13.8. The van der Waals surface area contributed by atoms with Gasteiger partial charge in [-0.05, 0) is 30.5 Å². The number of imidazole rings is 1. The number of Topliss-reactive ketones (excluding diaryl/α,β-unsaturated/α-hetero) is 1. The Morgan fingerprint density at radius 1 is 1.13 bits per heavy atom. The maximum absolute atomic E-state index is 13.8. The van der Waals surface area contributed by atoms with E-state index in [9.17, 15) is 14.4 Å². The molecule has 5 rings (SSSR count). The predicted octanol–water partition coefficient (Wildman–Crippen LogP) is 1.58. The fourth-order valence-corrected chi connectivity index (χ4v) is 4.78. The van der Waals surface area contributed by atoms with Crippen molar-refractivity contribution in [1.29, 1.82) is 0 Å². The van der Waals surface area contributed by atoms with Gasteiger partial charge in [0.1, 0.15) is 12.1 Å². The van der Waals surface area contributed by atoms with Gasteiger partial charge in [0.25, 0.3) is 11.5 Å². The van der Waals surface area contributed by atoms with Crippen LogP contribution in [0.1, 0.15) is 28.8 Å². The Kier molecular flexibility index (Phi) is 7.69. The summed E-state index contributed by atoms with van der Waals surface area (Å²) >= 11 is 0. The number of fused-ring (bicyclic) bond motifs is 1. The van der Waals surface area contributed by atoms with E-state index in [-0.39, 0.29) is 47.8 Å². The first-order valence-electron chi connectivity index (χ1n) is 12.9. The fraction of sp³-hybridized carbons (Fsp3) is 0.321. The number of para-hydroxylation sites is 1. The van der Waals surface area contributed by atoms with Crippen molar-refractivity contribution in [2.45, 2.75) is 32.0 Å². The third kappa shape index (κ3) is 5.68.